The van der Waals surface area contributed by atoms with E-state index in [4.69, 9.17) is 0 Å². The molecule has 1 aliphatic heterocycles. The second-order valence-corrected chi connectivity index (χ2v) is 10.0. The number of unbranched alkanes of at least 4 members (excludes halogenated alkanes) is 1. The summed E-state index contributed by atoms with van der Waals surface area (Å²) in [6, 6.07) is 17.5. The highest BCUT2D eigenvalue weighted by atomic mass is 16.4. The first-order chi connectivity index (χ1) is 18.0. The minimum absolute atomic E-state index is 0.219. The highest BCUT2D eigenvalue weighted by Gasteiger charge is 2.28. The van der Waals surface area contributed by atoms with Crippen molar-refractivity contribution in [3.05, 3.63) is 71.9 Å². The summed E-state index contributed by atoms with van der Waals surface area (Å²) in [5.74, 6) is -2.26. The standard InChI is InChI=1S/C30H37N3O4/c34-28(35)20-23(14-6-5-13-22-11-3-1-4-12-22)29(36)32-26-19-24-21-33(27-16-8-7-15-25(24)27)18-10-2-9-17-31-30(26)37/h1,3-4,7-8,11-12,15-16,21,23,26H,2,5-6,9-10,13-14,17-20H2,(H,31,37)(H,32,36)(H,34,35)/t23-,26?/m1/s1. The van der Waals surface area contributed by atoms with Gasteiger partial charge in [0.05, 0.1) is 6.42 Å². The summed E-state index contributed by atoms with van der Waals surface area (Å²) in [5.41, 5.74) is 3.37. The molecule has 0 fully saturated rings. The van der Waals surface area contributed by atoms with Crippen molar-refractivity contribution in [2.75, 3.05) is 6.54 Å². The molecule has 3 N–H and O–H groups in total. The Morgan fingerprint density at radius 2 is 1.81 bits per heavy atom. The summed E-state index contributed by atoms with van der Waals surface area (Å²) in [6.45, 7) is 1.48. The maximum Gasteiger partial charge on any atom is 0.304 e. The van der Waals surface area contributed by atoms with E-state index >= 15 is 0 Å². The van der Waals surface area contributed by atoms with Crippen molar-refractivity contribution in [3.63, 3.8) is 0 Å². The molecular weight excluding hydrogens is 466 g/mol. The van der Waals surface area contributed by atoms with Gasteiger partial charge in [0, 0.05) is 42.5 Å². The van der Waals surface area contributed by atoms with E-state index in [1.54, 1.807) is 0 Å². The minimum atomic E-state index is -1.01. The van der Waals surface area contributed by atoms with Crippen molar-refractivity contribution in [2.45, 2.75) is 70.4 Å². The van der Waals surface area contributed by atoms with Crippen LogP contribution in [0.2, 0.25) is 0 Å². The molecule has 1 aliphatic rings. The predicted octanol–water partition coefficient (Wildman–Crippen LogP) is 4.47. The molecule has 0 spiro atoms. The Bertz CT molecular complexity index is 1200. The number of aliphatic carboxylic acids is 1. The van der Waals surface area contributed by atoms with Gasteiger partial charge < -0.3 is 20.3 Å². The Labute approximate surface area is 218 Å². The van der Waals surface area contributed by atoms with Crippen LogP contribution >= 0.6 is 0 Å². The van der Waals surface area contributed by atoms with Crippen LogP contribution in [0.1, 0.15) is 56.1 Å². The smallest absolute Gasteiger partial charge is 0.304 e. The van der Waals surface area contributed by atoms with Gasteiger partial charge in [-0.15, -0.1) is 0 Å². The molecule has 7 nitrogen and oxygen atoms in total. The molecule has 7 heteroatoms. The maximum absolute atomic E-state index is 13.3. The number of para-hydroxylation sites is 1. The topological polar surface area (TPSA) is 100 Å². The Balaban J connectivity index is 1.46. The third-order valence-electron chi connectivity index (χ3n) is 7.21. The van der Waals surface area contributed by atoms with Crippen molar-refractivity contribution < 1.29 is 19.5 Å². The molecule has 0 saturated carbocycles. The van der Waals surface area contributed by atoms with Crippen molar-refractivity contribution in [1.29, 1.82) is 0 Å². The van der Waals surface area contributed by atoms with E-state index in [0.29, 0.717) is 19.4 Å². The summed E-state index contributed by atoms with van der Waals surface area (Å²) in [5, 5.41) is 16.4. The fourth-order valence-corrected chi connectivity index (χ4v) is 5.21. The second kappa shape index (κ2) is 13.1. The van der Waals surface area contributed by atoms with Gasteiger partial charge in [-0.1, -0.05) is 55.0 Å². The average Bonchev–Trinajstić information content (AvgIpc) is 3.24. The van der Waals surface area contributed by atoms with E-state index in [2.05, 4.69) is 45.7 Å². The normalized spacial score (nSPS) is 17.3. The van der Waals surface area contributed by atoms with E-state index < -0.39 is 17.9 Å². The number of fused-ring (bicyclic) bond motifs is 5. The number of carboxylic acids is 1. The first-order valence-electron chi connectivity index (χ1n) is 13.4. The lowest BCUT2D eigenvalue weighted by molar-refractivity contribution is -0.141. The number of rotatable bonds is 9. The molecule has 196 valence electrons. The number of nitrogens with one attached hydrogen (secondary N) is 2. The third kappa shape index (κ3) is 7.44. The number of hydrogen-bond acceptors (Lipinski definition) is 3. The van der Waals surface area contributed by atoms with Crippen LogP contribution in [0.5, 0.6) is 0 Å². The Morgan fingerprint density at radius 1 is 1.03 bits per heavy atom. The Morgan fingerprint density at radius 3 is 2.62 bits per heavy atom. The summed E-state index contributed by atoms with van der Waals surface area (Å²) < 4.78 is 2.24. The lowest BCUT2D eigenvalue weighted by Gasteiger charge is -2.22. The van der Waals surface area contributed by atoms with Crippen LogP contribution in [0.15, 0.2) is 60.8 Å². The molecule has 2 bridgehead atoms. The number of carbonyl (C=O) groups excluding carboxylic acids is 2. The second-order valence-electron chi connectivity index (χ2n) is 10.0. The molecule has 3 aromatic rings. The number of nitrogens with zero attached hydrogens (tertiary/aromatic N) is 1. The van der Waals surface area contributed by atoms with Gasteiger partial charge in [-0.25, -0.2) is 0 Å². The Kier molecular flexibility index (Phi) is 9.35. The minimum Gasteiger partial charge on any atom is -0.481 e. The van der Waals surface area contributed by atoms with Crippen LogP contribution in [0.4, 0.5) is 0 Å². The van der Waals surface area contributed by atoms with Crippen LogP contribution in [-0.2, 0) is 33.8 Å². The van der Waals surface area contributed by atoms with Crippen molar-refractivity contribution in [2.24, 2.45) is 5.92 Å². The number of hydrogen-bond donors (Lipinski definition) is 3. The molecule has 2 heterocycles. The molecule has 2 atom stereocenters. The van der Waals surface area contributed by atoms with Crippen molar-refractivity contribution in [3.8, 4) is 0 Å². The molecule has 0 saturated heterocycles. The van der Waals surface area contributed by atoms with Crippen LogP contribution < -0.4 is 10.6 Å². The van der Waals surface area contributed by atoms with Crippen LogP contribution in [0.3, 0.4) is 0 Å². The molecule has 1 aromatic heterocycles. The fourth-order valence-electron chi connectivity index (χ4n) is 5.21. The molecule has 1 unspecified atom stereocenters. The zero-order chi connectivity index (χ0) is 26.0. The van der Waals surface area contributed by atoms with Gasteiger partial charge in [-0.3, -0.25) is 14.4 Å². The Hall–Kier alpha value is -3.61. The largest absolute Gasteiger partial charge is 0.481 e. The van der Waals surface area contributed by atoms with Crippen LogP contribution in [0.25, 0.3) is 10.9 Å². The van der Waals surface area contributed by atoms with Gasteiger partial charge >= 0.3 is 5.97 Å². The quantitative estimate of drug-likeness (QED) is 0.375. The monoisotopic (exact) mass is 503 g/mol. The summed E-state index contributed by atoms with van der Waals surface area (Å²) in [7, 11) is 0. The first-order valence-corrected chi connectivity index (χ1v) is 13.4. The molecule has 0 radical (unpaired) electrons. The SMILES string of the molecule is O=C(O)C[C@@H](CCCCc1ccccc1)C(=O)NC1Cc2cn(c3ccccc23)CCCCCNC1=O. The number of benzene rings is 2. The van der Waals surface area contributed by atoms with Gasteiger partial charge in [0.15, 0.2) is 0 Å². The van der Waals surface area contributed by atoms with E-state index in [-0.39, 0.29) is 18.2 Å². The van der Waals surface area contributed by atoms with Gasteiger partial charge in [0.25, 0.3) is 0 Å². The molecule has 4 rings (SSSR count). The maximum atomic E-state index is 13.3. The molecule has 2 amide bonds. The number of carboxylic acid groups (broad SMARTS) is 1. The van der Waals surface area contributed by atoms with Crippen molar-refractivity contribution in [1.82, 2.24) is 15.2 Å². The summed E-state index contributed by atoms with van der Waals surface area (Å²) in [6.07, 6.45) is 8.09. The van der Waals surface area contributed by atoms with E-state index in [0.717, 1.165) is 61.5 Å². The number of amides is 2. The van der Waals surface area contributed by atoms with E-state index in [9.17, 15) is 19.5 Å². The zero-order valence-electron chi connectivity index (χ0n) is 21.3. The average molecular weight is 504 g/mol. The predicted molar refractivity (Wildman–Crippen MR) is 144 cm³/mol. The highest BCUT2D eigenvalue weighted by molar-refractivity contribution is 5.91. The third-order valence-corrected chi connectivity index (χ3v) is 7.21. The van der Waals surface area contributed by atoms with E-state index in [1.807, 2.05) is 30.3 Å². The van der Waals surface area contributed by atoms with Crippen LogP contribution in [-0.4, -0.2) is 40.0 Å². The van der Waals surface area contributed by atoms with Gasteiger partial charge in [-0.2, -0.15) is 0 Å². The number of carbonyl (C=O) groups is 3. The first kappa shape index (κ1) is 26.5. The highest BCUT2D eigenvalue weighted by Crippen LogP contribution is 2.24. The fraction of sp³-hybridized carbons (Fsp3) is 0.433. The lowest BCUT2D eigenvalue weighted by atomic mass is 9.95. The zero-order valence-corrected chi connectivity index (χ0v) is 21.3. The number of aromatic nitrogens is 1. The summed E-state index contributed by atoms with van der Waals surface area (Å²) >= 11 is 0. The number of aryl methyl sites for hydroxylation is 2. The summed E-state index contributed by atoms with van der Waals surface area (Å²) in [4.78, 5) is 38.0. The molecule has 2 aromatic carbocycles. The van der Waals surface area contributed by atoms with Gasteiger partial charge in [0.1, 0.15) is 6.04 Å². The van der Waals surface area contributed by atoms with E-state index in [1.165, 1.54) is 5.56 Å². The van der Waals surface area contributed by atoms with Gasteiger partial charge in [-0.05, 0) is 55.7 Å². The molecule has 37 heavy (non-hydrogen) atoms. The van der Waals surface area contributed by atoms with Crippen molar-refractivity contribution >= 4 is 28.7 Å². The lowest BCUT2D eigenvalue weighted by Crippen LogP contribution is -2.50. The van der Waals surface area contributed by atoms with Gasteiger partial charge in [0.2, 0.25) is 11.8 Å². The van der Waals surface area contributed by atoms with Crippen LogP contribution in [0, 0.1) is 5.92 Å². The molecular formula is C30H37N3O4. The molecule has 0 aliphatic carbocycles.